The Labute approximate surface area is 198 Å². The fourth-order valence-corrected chi connectivity index (χ4v) is 3.60. The number of fused-ring (bicyclic) bond motifs is 1. The van der Waals surface area contributed by atoms with Gasteiger partial charge in [-0.15, -0.1) is 0 Å². The molecule has 0 amide bonds. The normalized spacial score (nSPS) is 12.6. The Hall–Kier alpha value is -2.78. The summed E-state index contributed by atoms with van der Waals surface area (Å²) in [4.78, 5) is 28.8. The first-order valence-electron chi connectivity index (χ1n) is 10.0. The number of aromatic nitrogens is 2. The summed E-state index contributed by atoms with van der Waals surface area (Å²) in [6.45, 7) is 7.53. The SMILES string of the molecule is CC[C@H](C)Oc1c(C=Nn2c(C(C)C)nc3ccc(Br)cc3c2=O)cc(Cl)cc1[N+](=O)[O-]. The highest BCUT2D eigenvalue weighted by Gasteiger charge is 2.22. The lowest BCUT2D eigenvalue weighted by Crippen LogP contribution is -2.23. The van der Waals surface area contributed by atoms with E-state index in [9.17, 15) is 14.9 Å². The van der Waals surface area contributed by atoms with Crippen LogP contribution in [0.1, 0.15) is 51.4 Å². The van der Waals surface area contributed by atoms with Crippen molar-refractivity contribution < 1.29 is 9.66 Å². The molecule has 0 saturated heterocycles. The predicted octanol–water partition coefficient (Wildman–Crippen LogP) is 5.90. The molecule has 0 aliphatic heterocycles. The van der Waals surface area contributed by atoms with E-state index >= 15 is 0 Å². The molecule has 8 nitrogen and oxygen atoms in total. The molecule has 0 bridgehead atoms. The molecule has 0 saturated carbocycles. The second-order valence-electron chi connectivity index (χ2n) is 7.58. The molecule has 0 spiro atoms. The summed E-state index contributed by atoms with van der Waals surface area (Å²) in [5.74, 6) is 0.410. The maximum absolute atomic E-state index is 13.2. The minimum atomic E-state index is -0.554. The summed E-state index contributed by atoms with van der Waals surface area (Å²) < 4.78 is 7.77. The third kappa shape index (κ3) is 4.99. The molecule has 1 heterocycles. The highest BCUT2D eigenvalue weighted by atomic mass is 79.9. The zero-order valence-electron chi connectivity index (χ0n) is 18.0. The molecule has 2 aromatic carbocycles. The number of halogens is 2. The van der Waals surface area contributed by atoms with Gasteiger partial charge in [0.25, 0.3) is 5.56 Å². The number of rotatable bonds is 7. The molecule has 0 aliphatic carbocycles. The Morgan fingerprint density at radius 1 is 1.31 bits per heavy atom. The van der Waals surface area contributed by atoms with Crippen LogP contribution in [0.3, 0.4) is 0 Å². The maximum atomic E-state index is 13.2. The Morgan fingerprint density at radius 3 is 2.66 bits per heavy atom. The zero-order chi connectivity index (χ0) is 23.6. The number of hydrogen-bond donors (Lipinski definition) is 0. The summed E-state index contributed by atoms with van der Waals surface area (Å²) in [5.41, 5.74) is 0.237. The maximum Gasteiger partial charge on any atom is 0.313 e. The van der Waals surface area contributed by atoms with E-state index in [0.29, 0.717) is 28.7 Å². The lowest BCUT2D eigenvalue weighted by Gasteiger charge is -2.15. The Bertz CT molecular complexity index is 1270. The lowest BCUT2D eigenvalue weighted by atomic mass is 10.1. The van der Waals surface area contributed by atoms with Gasteiger partial charge in [0, 0.05) is 27.0 Å². The van der Waals surface area contributed by atoms with E-state index in [-0.39, 0.29) is 34.0 Å². The molecule has 168 valence electrons. The third-order valence-corrected chi connectivity index (χ3v) is 5.53. The molecule has 0 radical (unpaired) electrons. The van der Waals surface area contributed by atoms with Crippen molar-refractivity contribution >= 4 is 50.3 Å². The van der Waals surface area contributed by atoms with Crippen LogP contribution >= 0.6 is 27.5 Å². The van der Waals surface area contributed by atoms with Crippen LogP contribution in [0.15, 0.2) is 44.7 Å². The van der Waals surface area contributed by atoms with E-state index in [1.165, 1.54) is 23.0 Å². The molecule has 0 N–H and O–H groups in total. The number of hydrogen-bond acceptors (Lipinski definition) is 6. The van der Waals surface area contributed by atoms with Gasteiger partial charge in [0.15, 0.2) is 0 Å². The number of benzene rings is 2. The molecule has 0 fully saturated rings. The molecule has 3 rings (SSSR count). The van der Waals surface area contributed by atoms with Gasteiger partial charge in [-0.1, -0.05) is 48.3 Å². The first-order valence-corrected chi connectivity index (χ1v) is 11.2. The van der Waals surface area contributed by atoms with E-state index in [1.807, 2.05) is 33.8 Å². The molecule has 3 aromatic rings. The Balaban J connectivity index is 2.23. The second-order valence-corrected chi connectivity index (χ2v) is 8.94. The van der Waals surface area contributed by atoms with Crippen molar-refractivity contribution in [3.05, 3.63) is 71.7 Å². The standard InChI is InChI=1S/C22H22BrClN4O4/c1-5-13(4)32-20-14(8-16(24)10-19(20)28(30)31)11-25-27-21(12(2)3)26-18-7-6-15(23)9-17(18)22(27)29/h6-13H,5H2,1-4H3/t13-/m0/s1. The minimum absolute atomic E-state index is 0.0492. The number of ether oxygens (including phenoxy) is 1. The fraction of sp³-hybridized carbons (Fsp3) is 0.318. The van der Waals surface area contributed by atoms with Gasteiger partial charge in [-0.05, 0) is 37.6 Å². The van der Waals surface area contributed by atoms with Crippen LogP contribution in [0, 0.1) is 10.1 Å². The van der Waals surface area contributed by atoms with Gasteiger partial charge < -0.3 is 4.74 Å². The molecule has 1 aromatic heterocycles. The second kappa shape index (κ2) is 9.79. The van der Waals surface area contributed by atoms with Crippen molar-refractivity contribution in [2.24, 2.45) is 5.10 Å². The predicted molar refractivity (Wildman–Crippen MR) is 129 cm³/mol. The summed E-state index contributed by atoms with van der Waals surface area (Å²) >= 11 is 9.49. The van der Waals surface area contributed by atoms with Crippen LogP contribution in [0.4, 0.5) is 5.69 Å². The van der Waals surface area contributed by atoms with Crippen molar-refractivity contribution in [1.29, 1.82) is 0 Å². The van der Waals surface area contributed by atoms with Crippen LogP contribution in [-0.4, -0.2) is 26.9 Å². The largest absolute Gasteiger partial charge is 0.483 e. The van der Waals surface area contributed by atoms with Gasteiger partial charge in [0.05, 0.1) is 28.1 Å². The Morgan fingerprint density at radius 2 is 2.03 bits per heavy atom. The lowest BCUT2D eigenvalue weighted by molar-refractivity contribution is -0.386. The summed E-state index contributed by atoms with van der Waals surface area (Å²) in [7, 11) is 0. The molecule has 1 atom stereocenters. The van der Waals surface area contributed by atoms with Gasteiger partial charge in [-0.3, -0.25) is 14.9 Å². The van der Waals surface area contributed by atoms with E-state index in [1.54, 1.807) is 12.1 Å². The molecular weight excluding hydrogens is 500 g/mol. The van der Waals surface area contributed by atoms with Gasteiger partial charge in [-0.2, -0.15) is 9.78 Å². The quantitative estimate of drug-likeness (QED) is 0.219. The Kier molecular flexibility index (Phi) is 7.30. The van der Waals surface area contributed by atoms with Crippen LogP contribution in [0.25, 0.3) is 10.9 Å². The van der Waals surface area contributed by atoms with Crippen molar-refractivity contribution in [2.75, 3.05) is 0 Å². The summed E-state index contributed by atoms with van der Waals surface area (Å²) in [6.07, 6.45) is 1.72. The average molecular weight is 522 g/mol. The molecular formula is C22H22BrClN4O4. The van der Waals surface area contributed by atoms with Crippen LogP contribution in [-0.2, 0) is 0 Å². The number of nitro groups is 1. The fourth-order valence-electron chi connectivity index (χ4n) is 3.02. The monoisotopic (exact) mass is 520 g/mol. The third-order valence-electron chi connectivity index (χ3n) is 4.82. The first kappa shape index (κ1) is 23.9. The van der Waals surface area contributed by atoms with Gasteiger partial charge >= 0.3 is 5.69 Å². The van der Waals surface area contributed by atoms with Crippen LogP contribution < -0.4 is 10.3 Å². The summed E-state index contributed by atoms with van der Waals surface area (Å²) in [5, 5.41) is 16.5. The smallest absolute Gasteiger partial charge is 0.313 e. The van der Waals surface area contributed by atoms with Gasteiger partial charge in [-0.25, -0.2) is 4.98 Å². The molecule has 10 heteroatoms. The molecule has 0 unspecified atom stereocenters. The average Bonchev–Trinajstić information content (AvgIpc) is 2.74. The van der Waals surface area contributed by atoms with Crippen molar-refractivity contribution in [3.63, 3.8) is 0 Å². The number of nitro benzene ring substituents is 1. The van der Waals surface area contributed by atoms with E-state index in [2.05, 4.69) is 26.0 Å². The number of nitrogens with zero attached hydrogens (tertiary/aromatic N) is 4. The van der Waals surface area contributed by atoms with Crippen LogP contribution in [0.2, 0.25) is 5.02 Å². The highest BCUT2D eigenvalue weighted by molar-refractivity contribution is 9.10. The highest BCUT2D eigenvalue weighted by Crippen LogP contribution is 2.34. The van der Waals surface area contributed by atoms with Gasteiger partial charge in [0.2, 0.25) is 5.75 Å². The summed E-state index contributed by atoms with van der Waals surface area (Å²) in [6, 6.07) is 8.01. The van der Waals surface area contributed by atoms with E-state index < -0.39 is 4.92 Å². The first-order chi connectivity index (χ1) is 15.1. The van der Waals surface area contributed by atoms with Crippen molar-refractivity contribution in [2.45, 2.75) is 46.1 Å². The van der Waals surface area contributed by atoms with E-state index in [0.717, 1.165) is 4.47 Å². The topological polar surface area (TPSA) is 99.6 Å². The van der Waals surface area contributed by atoms with E-state index in [4.69, 9.17) is 16.3 Å². The molecule has 0 aliphatic rings. The van der Waals surface area contributed by atoms with Crippen molar-refractivity contribution in [1.82, 2.24) is 9.66 Å². The van der Waals surface area contributed by atoms with Crippen LogP contribution in [0.5, 0.6) is 5.75 Å². The van der Waals surface area contributed by atoms with Crippen molar-refractivity contribution in [3.8, 4) is 5.75 Å². The minimum Gasteiger partial charge on any atom is -0.483 e. The van der Waals surface area contributed by atoms with Gasteiger partial charge in [0.1, 0.15) is 5.82 Å². The molecule has 32 heavy (non-hydrogen) atoms. The zero-order valence-corrected chi connectivity index (χ0v) is 20.3.